The smallest absolute Gasteiger partial charge is 0.361 e. The van der Waals surface area contributed by atoms with Gasteiger partial charge in [-0.2, -0.15) is 0 Å². The third-order valence-electron chi connectivity index (χ3n) is 19.9. The van der Waals surface area contributed by atoms with Gasteiger partial charge in [0, 0.05) is 12.8 Å². The SMILES string of the molecule is CC/C=C\C/C=C\C/C=C\C/C=C\CCCCCCCCCCCCCCCCCCCCCCCCCCCCCCC(=O)OC(COC(=O)CCCCCCCCCCCCCCCCCCCCCCCCC/C=C\C/C=C\CCCCCCC)COC(OCC[N+](C)(C)C)C(=O)O. The second kappa shape index (κ2) is 82.4. The van der Waals surface area contributed by atoms with E-state index in [0.29, 0.717) is 17.4 Å². The van der Waals surface area contributed by atoms with Gasteiger partial charge in [-0.25, -0.2) is 4.79 Å². The van der Waals surface area contributed by atoms with E-state index in [-0.39, 0.29) is 38.2 Å². The number of carbonyl (C=O) groups is 3. The molecule has 0 aromatic rings. The van der Waals surface area contributed by atoms with E-state index in [9.17, 15) is 19.5 Å². The molecule has 0 amide bonds. The molecule has 0 aromatic carbocycles. The van der Waals surface area contributed by atoms with Crippen LogP contribution in [0, 0.1) is 0 Å². The van der Waals surface area contributed by atoms with Gasteiger partial charge < -0.3 is 28.5 Å². The molecule has 0 fully saturated rings. The highest BCUT2D eigenvalue weighted by Gasteiger charge is 2.25. The zero-order valence-corrected chi connectivity index (χ0v) is 67.8. The highest BCUT2D eigenvalue weighted by atomic mass is 16.7. The molecule has 0 rings (SSSR count). The summed E-state index contributed by atoms with van der Waals surface area (Å²) in [6.45, 7) is 4.83. The van der Waals surface area contributed by atoms with E-state index in [2.05, 4.69) is 86.8 Å². The van der Waals surface area contributed by atoms with Crippen LogP contribution in [0.4, 0.5) is 0 Å². The Kier molecular flexibility index (Phi) is 79.7. The number of hydrogen-bond donors (Lipinski definition) is 1. The summed E-state index contributed by atoms with van der Waals surface area (Å²) >= 11 is 0. The van der Waals surface area contributed by atoms with Crippen LogP contribution in [-0.4, -0.2) is 87.4 Å². The maximum absolute atomic E-state index is 13.0. The Hall–Kier alpha value is -3.27. The van der Waals surface area contributed by atoms with Gasteiger partial charge in [0.1, 0.15) is 13.2 Å². The first-order valence-corrected chi connectivity index (χ1v) is 44.1. The molecule has 2 unspecified atom stereocenters. The fourth-order valence-corrected chi connectivity index (χ4v) is 13.3. The average Bonchev–Trinajstić information content (AvgIpc) is 1.21. The fourth-order valence-electron chi connectivity index (χ4n) is 13.3. The largest absolute Gasteiger partial charge is 0.477 e. The van der Waals surface area contributed by atoms with E-state index >= 15 is 0 Å². The molecule has 0 bridgehead atoms. The first-order chi connectivity index (χ1) is 49.6. The number of carboxylic acid groups (broad SMARTS) is 1. The quantitative estimate of drug-likeness (QED) is 0.0211. The van der Waals surface area contributed by atoms with Gasteiger partial charge in [-0.15, -0.1) is 0 Å². The molecule has 0 radical (unpaired) electrons. The van der Waals surface area contributed by atoms with Crippen molar-refractivity contribution >= 4 is 17.9 Å². The van der Waals surface area contributed by atoms with Crippen molar-refractivity contribution in [3.8, 4) is 0 Å². The number of quaternary nitrogens is 1. The average molecular weight is 1420 g/mol. The topological polar surface area (TPSA) is 108 Å². The number of nitrogens with zero attached hydrogens (tertiary/aromatic N) is 1. The molecule has 9 heteroatoms. The first kappa shape index (κ1) is 97.7. The molecule has 0 aliphatic carbocycles. The van der Waals surface area contributed by atoms with Crippen molar-refractivity contribution in [3.05, 3.63) is 72.9 Å². The van der Waals surface area contributed by atoms with E-state index in [1.807, 2.05) is 21.1 Å². The number of hydrogen-bond acceptors (Lipinski definition) is 7. The van der Waals surface area contributed by atoms with Gasteiger partial charge in [-0.05, 0) is 83.5 Å². The van der Waals surface area contributed by atoms with Gasteiger partial charge in [-0.3, -0.25) is 9.59 Å². The van der Waals surface area contributed by atoms with Crippen molar-refractivity contribution in [1.29, 1.82) is 0 Å². The predicted octanol–water partition coefficient (Wildman–Crippen LogP) is 28.7. The molecule has 101 heavy (non-hydrogen) atoms. The number of unbranched alkanes of at least 4 members (excludes halogenated alkanes) is 56. The van der Waals surface area contributed by atoms with E-state index in [1.54, 1.807) is 0 Å². The lowest BCUT2D eigenvalue weighted by Gasteiger charge is -2.25. The fraction of sp³-hybridized carbons (Fsp3) is 0.837. The Bertz CT molecular complexity index is 1900. The molecular weight excluding hydrogens is 1250 g/mol. The highest BCUT2D eigenvalue weighted by molar-refractivity contribution is 5.71. The van der Waals surface area contributed by atoms with Crippen LogP contribution in [0.1, 0.15) is 438 Å². The normalized spacial score (nSPS) is 12.9. The number of esters is 2. The van der Waals surface area contributed by atoms with Crippen LogP contribution < -0.4 is 0 Å². The number of likely N-dealkylation sites (N-methyl/N-ethyl adjacent to an activating group) is 1. The van der Waals surface area contributed by atoms with Crippen LogP contribution in [0.25, 0.3) is 0 Å². The molecule has 9 nitrogen and oxygen atoms in total. The van der Waals surface area contributed by atoms with Crippen LogP contribution in [0.2, 0.25) is 0 Å². The molecule has 0 heterocycles. The van der Waals surface area contributed by atoms with Crippen molar-refractivity contribution in [2.45, 2.75) is 450 Å². The zero-order valence-electron chi connectivity index (χ0n) is 67.8. The minimum absolute atomic E-state index is 0.176. The molecule has 0 aromatic heterocycles. The summed E-state index contributed by atoms with van der Waals surface area (Å²) in [6.07, 6.45) is 110. The Morgan fingerprint density at radius 3 is 0.842 bits per heavy atom. The van der Waals surface area contributed by atoms with Crippen molar-refractivity contribution in [3.63, 3.8) is 0 Å². The number of rotatable bonds is 83. The van der Waals surface area contributed by atoms with E-state index in [1.165, 1.54) is 340 Å². The maximum Gasteiger partial charge on any atom is 0.361 e. The summed E-state index contributed by atoms with van der Waals surface area (Å²) < 4.78 is 23.1. The number of carboxylic acids is 1. The summed E-state index contributed by atoms with van der Waals surface area (Å²) in [7, 11) is 6.00. The Morgan fingerprint density at radius 2 is 0.564 bits per heavy atom. The number of aliphatic carboxylic acids is 1. The van der Waals surface area contributed by atoms with Crippen LogP contribution in [0.5, 0.6) is 0 Å². The Balaban J connectivity index is 3.90. The molecule has 0 saturated carbocycles. The summed E-state index contributed by atoms with van der Waals surface area (Å²) in [6, 6.07) is 0. The molecule has 2 atom stereocenters. The molecule has 1 N–H and O–H groups in total. The molecule has 0 spiro atoms. The van der Waals surface area contributed by atoms with E-state index in [0.717, 1.165) is 70.6 Å². The zero-order chi connectivity index (χ0) is 73.2. The number of ether oxygens (including phenoxy) is 4. The van der Waals surface area contributed by atoms with Crippen molar-refractivity contribution in [2.24, 2.45) is 0 Å². The maximum atomic E-state index is 13.0. The summed E-state index contributed by atoms with van der Waals surface area (Å²) in [5.41, 5.74) is 0. The van der Waals surface area contributed by atoms with Crippen LogP contribution in [-0.2, 0) is 33.3 Å². The van der Waals surface area contributed by atoms with Crippen molar-refractivity contribution in [2.75, 3.05) is 47.5 Å². The Morgan fingerprint density at radius 1 is 0.307 bits per heavy atom. The highest BCUT2D eigenvalue weighted by Crippen LogP contribution is 2.21. The summed E-state index contributed by atoms with van der Waals surface area (Å²) in [4.78, 5) is 37.8. The summed E-state index contributed by atoms with van der Waals surface area (Å²) in [5, 5.41) is 9.79. The van der Waals surface area contributed by atoms with Gasteiger partial charge in [0.25, 0.3) is 6.29 Å². The summed E-state index contributed by atoms with van der Waals surface area (Å²) in [5.74, 6) is -1.97. The van der Waals surface area contributed by atoms with Crippen LogP contribution >= 0.6 is 0 Å². The monoisotopic (exact) mass is 1420 g/mol. The second-order valence-electron chi connectivity index (χ2n) is 31.2. The minimum Gasteiger partial charge on any atom is -0.477 e. The minimum atomic E-state index is -1.51. The molecular formula is C92H170NO8+. The van der Waals surface area contributed by atoms with Crippen LogP contribution in [0.15, 0.2) is 72.9 Å². The van der Waals surface area contributed by atoms with Crippen molar-refractivity contribution in [1.82, 2.24) is 0 Å². The first-order valence-electron chi connectivity index (χ1n) is 44.1. The van der Waals surface area contributed by atoms with E-state index in [4.69, 9.17) is 18.9 Å². The lowest BCUT2D eigenvalue weighted by Crippen LogP contribution is -2.40. The van der Waals surface area contributed by atoms with Gasteiger partial charge in [0.05, 0.1) is 34.4 Å². The molecule has 0 saturated heterocycles. The predicted molar refractivity (Wildman–Crippen MR) is 438 cm³/mol. The second-order valence-corrected chi connectivity index (χ2v) is 31.2. The van der Waals surface area contributed by atoms with Crippen molar-refractivity contribution < 1.29 is 42.9 Å². The van der Waals surface area contributed by atoms with Gasteiger partial charge >= 0.3 is 17.9 Å². The molecule has 0 aliphatic heterocycles. The molecule has 0 aliphatic rings. The standard InChI is InChI=1S/C92H169NO8/c1-6-8-10-12-14-16-18-20-22-24-26-28-30-32-34-36-38-40-42-43-44-45-46-47-49-51-53-55-57-59-61-63-65-67-69-71-73-75-77-79-81-83-90(95)101-88(87-100-92(91(96)97)98-85-84-93(3,4)5)86-99-89(94)82-80-78-76-74-72-70-68-66-64-62-60-58-56-54-52-50-48-41-39-37-35-33-31-29-27-25-23-21-19-17-15-13-11-9-7-2/h8,10,14,16,19-22,25-28,88,92H,6-7,9,11-13,15,17-18,23-24,29-87H2,1-5H3/p+1/b10-8-,16-14-,21-19-,22-20-,27-25-,28-26-. The third kappa shape index (κ3) is 83.9. The lowest BCUT2D eigenvalue weighted by atomic mass is 10.0. The Labute approximate surface area is 628 Å². The number of allylic oxidation sites excluding steroid dienone is 12. The van der Waals surface area contributed by atoms with Gasteiger partial charge in [-0.1, -0.05) is 414 Å². The van der Waals surface area contributed by atoms with Crippen LogP contribution in [0.3, 0.4) is 0 Å². The van der Waals surface area contributed by atoms with Gasteiger partial charge in [0.15, 0.2) is 6.10 Å². The lowest BCUT2D eigenvalue weighted by molar-refractivity contribution is -0.870. The van der Waals surface area contributed by atoms with E-state index < -0.39 is 18.4 Å². The number of carbonyl (C=O) groups excluding carboxylic acids is 2. The third-order valence-corrected chi connectivity index (χ3v) is 19.9. The van der Waals surface area contributed by atoms with Gasteiger partial charge in [0.2, 0.25) is 0 Å². The molecule has 590 valence electrons.